The van der Waals surface area contributed by atoms with Crippen molar-refractivity contribution in [2.24, 2.45) is 0 Å². The molecule has 0 saturated carbocycles. The van der Waals surface area contributed by atoms with E-state index in [0.717, 1.165) is 11.3 Å². The van der Waals surface area contributed by atoms with Crippen molar-refractivity contribution in [2.75, 3.05) is 34.5 Å². The summed E-state index contributed by atoms with van der Waals surface area (Å²) in [7, 11) is 4.79. The number of benzene rings is 1. The molecule has 3 rings (SSSR count). The molecule has 2 aromatic rings. The molecular formula is C25H31NO6. The van der Waals surface area contributed by atoms with Gasteiger partial charge in [0.1, 0.15) is 28.4 Å². The van der Waals surface area contributed by atoms with E-state index in [2.05, 4.69) is 4.98 Å². The van der Waals surface area contributed by atoms with Gasteiger partial charge in [-0.3, -0.25) is 4.98 Å². The van der Waals surface area contributed by atoms with Gasteiger partial charge in [0, 0.05) is 18.2 Å². The Labute approximate surface area is 188 Å². The van der Waals surface area contributed by atoms with Crippen molar-refractivity contribution in [3.63, 3.8) is 0 Å². The highest BCUT2D eigenvalue weighted by Gasteiger charge is 2.18. The lowest BCUT2D eigenvalue weighted by atomic mass is 10.0. The Morgan fingerprint density at radius 1 is 1.03 bits per heavy atom. The molecule has 172 valence electrons. The zero-order valence-electron chi connectivity index (χ0n) is 19.6. The van der Waals surface area contributed by atoms with Crippen LogP contribution in [0.1, 0.15) is 27.2 Å². The Bertz CT molecular complexity index is 1060. The summed E-state index contributed by atoms with van der Waals surface area (Å²) < 4.78 is 27.4. The van der Waals surface area contributed by atoms with E-state index in [1.165, 1.54) is 0 Å². The van der Waals surface area contributed by atoms with Crippen molar-refractivity contribution in [3.8, 4) is 22.6 Å². The first-order valence-electron chi connectivity index (χ1n) is 10.6. The van der Waals surface area contributed by atoms with Crippen LogP contribution in [0, 0.1) is 0 Å². The summed E-state index contributed by atoms with van der Waals surface area (Å²) in [6.07, 6.45) is 6.01. The lowest BCUT2D eigenvalue weighted by Crippen LogP contribution is -2.35. The lowest BCUT2D eigenvalue weighted by molar-refractivity contribution is -0.145. The number of hydrogen-bond acceptors (Lipinski definition) is 7. The van der Waals surface area contributed by atoms with Crippen LogP contribution in [-0.4, -0.2) is 45.5 Å². The summed E-state index contributed by atoms with van der Waals surface area (Å²) >= 11 is 0. The second-order valence-electron chi connectivity index (χ2n) is 6.35. The maximum absolute atomic E-state index is 12.0. The van der Waals surface area contributed by atoms with Crippen LogP contribution in [0.3, 0.4) is 0 Å². The minimum absolute atomic E-state index is 0.236. The van der Waals surface area contributed by atoms with E-state index in [1.54, 1.807) is 34.4 Å². The molecule has 0 radical (unpaired) electrons. The monoisotopic (exact) mass is 441 g/mol. The molecule has 1 aromatic heterocycles. The standard InChI is InChI=1S/C23H25NO6.C2H6/c1-5-29-20(25)14-30-23-17(15-9-11-16(26-2)12-10-15)13-24-22-19(28-4)8-6-7-18(27-3)21(22)23;1-2/h6,8-13H,5,7,14H2,1-4H3;1-2H3. The molecule has 1 aliphatic rings. The van der Waals surface area contributed by atoms with Gasteiger partial charge in [-0.25, -0.2) is 4.79 Å². The van der Waals surface area contributed by atoms with E-state index in [9.17, 15) is 4.79 Å². The molecule has 0 fully saturated rings. The fourth-order valence-electron chi connectivity index (χ4n) is 3.20. The van der Waals surface area contributed by atoms with Gasteiger partial charge in [0.05, 0.1) is 33.2 Å². The molecule has 0 N–H and O–H groups in total. The molecule has 0 aliphatic heterocycles. The third-order valence-electron chi connectivity index (χ3n) is 4.62. The zero-order valence-corrected chi connectivity index (χ0v) is 19.6. The first-order valence-corrected chi connectivity index (χ1v) is 10.6. The normalized spacial score (nSPS) is 12.1. The third-order valence-corrected chi connectivity index (χ3v) is 4.62. The van der Waals surface area contributed by atoms with Gasteiger partial charge in [-0.1, -0.05) is 32.1 Å². The van der Waals surface area contributed by atoms with Crippen molar-refractivity contribution >= 4 is 17.5 Å². The van der Waals surface area contributed by atoms with E-state index < -0.39 is 5.97 Å². The average molecular weight is 442 g/mol. The fourth-order valence-corrected chi connectivity index (χ4v) is 3.20. The highest BCUT2D eigenvalue weighted by atomic mass is 16.6. The van der Waals surface area contributed by atoms with Crippen LogP contribution >= 0.6 is 0 Å². The molecule has 7 nitrogen and oxygen atoms in total. The number of hydrogen-bond donors (Lipinski definition) is 0. The second kappa shape index (κ2) is 12.4. The average Bonchev–Trinajstić information content (AvgIpc) is 3.03. The summed E-state index contributed by atoms with van der Waals surface area (Å²) in [5.74, 6) is 2.01. The Kier molecular flexibility index (Phi) is 9.60. The maximum Gasteiger partial charge on any atom is 0.344 e. The number of rotatable bonds is 8. The smallest absolute Gasteiger partial charge is 0.344 e. The summed E-state index contributed by atoms with van der Waals surface area (Å²) in [5, 5.41) is 1.23. The predicted molar refractivity (Wildman–Crippen MR) is 124 cm³/mol. The van der Waals surface area contributed by atoms with Crippen molar-refractivity contribution in [1.82, 2.24) is 4.98 Å². The molecule has 0 bridgehead atoms. The van der Waals surface area contributed by atoms with Gasteiger partial charge < -0.3 is 23.7 Å². The Morgan fingerprint density at radius 3 is 2.34 bits per heavy atom. The predicted octanol–water partition coefficient (Wildman–Crippen LogP) is 3.19. The number of ether oxygens (including phenoxy) is 5. The van der Waals surface area contributed by atoms with Crippen LogP contribution < -0.4 is 20.0 Å². The molecule has 0 unspecified atom stereocenters. The summed E-state index contributed by atoms with van der Waals surface area (Å²) in [4.78, 5) is 16.6. The Morgan fingerprint density at radius 2 is 1.75 bits per heavy atom. The quantitative estimate of drug-likeness (QED) is 0.582. The van der Waals surface area contributed by atoms with Crippen LogP contribution in [-0.2, 0) is 19.0 Å². The molecule has 1 aliphatic carbocycles. The zero-order chi connectivity index (χ0) is 23.5. The highest BCUT2D eigenvalue weighted by molar-refractivity contribution is 5.75. The second-order valence-corrected chi connectivity index (χ2v) is 6.35. The third kappa shape index (κ3) is 5.60. The van der Waals surface area contributed by atoms with Crippen molar-refractivity contribution in [3.05, 3.63) is 53.2 Å². The van der Waals surface area contributed by atoms with Crippen LogP contribution in [0.4, 0.5) is 0 Å². The van der Waals surface area contributed by atoms with Gasteiger partial charge in [-0.2, -0.15) is 0 Å². The van der Waals surface area contributed by atoms with Gasteiger partial charge >= 0.3 is 5.97 Å². The van der Waals surface area contributed by atoms with E-state index in [4.69, 9.17) is 23.7 Å². The van der Waals surface area contributed by atoms with Crippen molar-refractivity contribution in [2.45, 2.75) is 27.2 Å². The number of methoxy groups -OCH3 is 3. The topological polar surface area (TPSA) is 76.1 Å². The summed E-state index contributed by atoms with van der Waals surface area (Å²) in [6.45, 7) is 5.80. The number of pyridine rings is 1. The van der Waals surface area contributed by atoms with Crippen LogP contribution in [0.15, 0.2) is 42.6 Å². The molecule has 1 heterocycles. The van der Waals surface area contributed by atoms with Gasteiger partial charge in [-0.15, -0.1) is 0 Å². The molecule has 7 heteroatoms. The summed E-state index contributed by atoms with van der Waals surface area (Å²) in [6, 6.07) is 7.51. The minimum atomic E-state index is -0.453. The van der Waals surface area contributed by atoms with E-state index in [0.29, 0.717) is 39.8 Å². The number of aromatic nitrogens is 1. The Hall–Kier alpha value is -3.48. The van der Waals surface area contributed by atoms with Gasteiger partial charge in [0.25, 0.3) is 0 Å². The van der Waals surface area contributed by atoms with Crippen molar-refractivity contribution in [1.29, 1.82) is 0 Å². The van der Waals surface area contributed by atoms with E-state index in [-0.39, 0.29) is 13.2 Å². The first-order chi connectivity index (χ1) is 15.6. The Balaban J connectivity index is 0.00000176. The number of nitrogens with zero attached hydrogens (tertiary/aromatic N) is 1. The van der Waals surface area contributed by atoms with Gasteiger partial charge in [0.2, 0.25) is 0 Å². The van der Waals surface area contributed by atoms with Crippen molar-refractivity contribution < 1.29 is 28.5 Å². The first kappa shape index (κ1) is 24.8. The fraction of sp³-hybridized carbons (Fsp3) is 0.360. The number of fused-ring (bicyclic) bond motifs is 1. The number of carbonyl (C=O) groups excluding carboxylic acids is 1. The number of carbonyl (C=O) groups is 1. The molecule has 0 saturated heterocycles. The molecule has 32 heavy (non-hydrogen) atoms. The molecule has 1 aromatic carbocycles. The van der Waals surface area contributed by atoms with E-state index >= 15 is 0 Å². The molecule has 0 amide bonds. The largest absolute Gasteiger partial charge is 0.500 e. The number of esters is 1. The molecular weight excluding hydrogens is 410 g/mol. The summed E-state index contributed by atoms with van der Waals surface area (Å²) in [5.41, 5.74) is 1.57. The van der Waals surface area contributed by atoms with Crippen LogP contribution in [0.2, 0.25) is 0 Å². The van der Waals surface area contributed by atoms with Gasteiger partial charge in [-0.05, 0) is 30.7 Å². The SMILES string of the molecule is CC.CCOC(=O)COc1c(-c2ccc(OC)cc2)cnc2c1=C(OC)CC=CC=2OC. The van der Waals surface area contributed by atoms with Gasteiger partial charge in [0.15, 0.2) is 6.61 Å². The maximum atomic E-state index is 12.0. The molecule has 0 atom stereocenters. The minimum Gasteiger partial charge on any atom is -0.500 e. The van der Waals surface area contributed by atoms with Crippen LogP contribution in [0.25, 0.3) is 22.6 Å². The lowest BCUT2D eigenvalue weighted by Gasteiger charge is -2.15. The van der Waals surface area contributed by atoms with E-state index in [1.807, 2.05) is 50.3 Å². The van der Waals surface area contributed by atoms with Crippen LogP contribution in [0.5, 0.6) is 11.5 Å². The highest BCUT2D eigenvalue weighted by Crippen LogP contribution is 2.28. The molecule has 0 spiro atoms.